The van der Waals surface area contributed by atoms with Crippen LogP contribution in [0, 0.1) is 0 Å². The fraction of sp³-hybridized carbons (Fsp3) is 0.182. The zero-order chi connectivity index (χ0) is 11.5. The van der Waals surface area contributed by atoms with Crippen LogP contribution in [0.4, 0.5) is 0 Å². The largest absolute Gasteiger partial charge is 0.389 e. The summed E-state index contributed by atoms with van der Waals surface area (Å²) in [4.78, 5) is 5.22. The van der Waals surface area contributed by atoms with E-state index in [0.29, 0.717) is 5.02 Å². The maximum atomic E-state index is 9.45. The van der Waals surface area contributed by atoms with Gasteiger partial charge in [0.25, 0.3) is 0 Å². The third kappa shape index (κ3) is 2.77. The number of aromatic nitrogens is 1. The molecule has 0 aliphatic rings. The number of halogens is 1. The maximum absolute atomic E-state index is 9.45. The first-order valence-corrected chi connectivity index (χ1v) is 6.79. The molecule has 5 heteroatoms. The number of hydrogen-bond acceptors (Lipinski definition) is 4. The Morgan fingerprint density at radius 2 is 2.31 bits per heavy atom. The molecule has 2 rings (SSSR count). The Morgan fingerprint density at radius 1 is 1.50 bits per heavy atom. The molecule has 2 aromatic rings. The van der Waals surface area contributed by atoms with Crippen LogP contribution in [0.2, 0.25) is 5.02 Å². The van der Waals surface area contributed by atoms with Gasteiger partial charge in [0.1, 0.15) is 0 Å². The van der Waals surface area contributed by atoms with Gasteiger partial charge in [0.2, 0.25) is 0 Å². The predicted octanol–water partition coefficient (Wildman–Crippen LogP) is 4.00. The summed E-state index contributed by atoms with van der Waals surface area (Å²) in [5, 5.41) is 12.0. The molecule has 0 bridgehead atoms. The monoisotopic (exact) mass is 271 g/mol. The minimum absolute atomic E-state index is 0.536. The standard InChI is InChI=1S/C11H10ClNOS2/c1-7(14)9-3-2-8(6-10(9)12)16-11-13-4-5-15-11/h2-7,14H,1H3. The van der Waals surface area contributed by atoms with Crippen LogP contribution in [0.3, 0.4) is 0 Å². The molecule has 0 saturated heterocycles. The first-order valence-electron chi connectivity index (χ1n) is 4.71. The molecule has 0 radical (unpaired) electrons. The lowest BCUT2D eigenvalue weighted by Gasteiger charge is -2.08. The minimum Gasteiger partial charge on any atom is -0.389 e. The number of aliphatic hydroxyl groups is 1. The van der Waals surface area contributed by atoms with E-state index in [1.165, 1.54) is 0 Å². The topological polar surface area (TPSA) is 33.1 Å². The molecule has 1 N–H and O–H groups in total. The van der Waals surface area contributed by atoms with Gasteiger partial charge in [0, 0.05) is 21.5 Å². The second-order valence-corrected chi connectivity index (χ2v) is 5.88. The van der Waals surface area contributed by atoms with E-state index in [0.717, 1.165) is 14.8 Å². The van der Waals surface area contributed by atoms with E-state index in [2.05, 4.69) is 4.98 Å². The predicted molar refractivity (Wildman–Crippen MR) is 68.3 cm³/mol. The highest BCUT2D eigenvalue weighted by Gasteiger charge is 2.08. The van der Waals surface area contributed by atoms with E-state index in [-0.39, 0.29) is 0 Å². The van der Waals surface area contributed by atoms with E-state index in [9.17, 15) is 5.11 Å². The van der Waals surface area contributed by atoms with Gasteiger partial charge in [-0.2, -0.15) is 0 Å². The Morgan fingerprint density at radius 3 is 2.88 bits per heavy atom. The van der Waals surface area contributed by atoms with Gasteiger partial charge < -0.3 is 5.11 Å². The molecule has 1 aromatic heterocycles. The van der Waals surface area contributed by atoms with E-state index >= 15 is 0 Å². The lowest BCUT2D eigenvalue weighted by molar-refractivity contribution is 0.199. The Balaban J connectivity index is 2.21. The van der Waals surface area contributed by atoms with Crippen molar-refractivity contribution in [1.29, 1.82) is 0 Å². The zero-order valence-electron chi connectivity index (χ0n) is 8.55. The highest BCUT2D eigenvalue weighted by molar-refractivity contribution is 8.01. The molecular formula is C11H10ClNOS2. The molecule has 84 valence electrons. The highest BCUT2D eigenvalue weighted by atomic mass is 35.5. The van der Waals surface area contributed by atoms with E-state index in [1.807, 2.05) is 23.6 Å². The summed E-state index contributed by atoms with van der Waals surface area (Å²) < 4.78 is 0.987. The number of hydrogen-bond donors (Lipinski definition) is 1. The molecule has 0 fully saturated rings. The molecule has 0 spiro atoms. The van der Waals surface area contributed by atoms with Crippen molar-refractivity contribution in [1.82, 2.24) is 4.98 Å². The summed E-state index contributed by atoms with van der Waals surface area (Å²) in [7, 11) is 0. The van der Waals surface area contributed by atoms with Crippen LogP contribution in [0.5, 0.6) is 0 Å². The Bertz CT molecular complexity index is 471. The van der Waals surface area contributed by atoms with Gasteiger partial charge in [-0.15, -0.1) is 11.3 Å². The summed E-state index contributed by atoms with van der Waals surface area (Å²) >= 11 is 9.24. The van der Waals surface area contributed by atoms with Crippen molar-refractivity contribution in [3.8, 4) is 0 Å². The molecular weight excluding hydrogens is 262 g/mol. The number of benzene rings is 1. The first kappa shape index (κ1) is 11.9. The molecule has 0 aliphatic carbocycles. The van der Waals surface area contributed by atoms with Crippen molar-refractivity contribution >= 4 is 34.7 Å². The second kappa shape index (κ2) is 5.19. The smallest absolute Gasteiger partial charge is 0.154 e. The summed E-state index contributed by atoms with van der Waals surface area (Å²) in [6.45, 7) is 1.70. The van der Waals surface area contributed by atoms with Crippen molar-refractivity contribution in [3.05, 3.63) is 40.4 Å². The Labute approximate surface area is 107 Å². The van der Waals surface area contributed by atoms with Crippen molar-refractivity contribution in [2.24, 2.45) is 0 Å². The van der Waals surface area contributed by atoms with Gasteiger partial charge in [-0.05, 0) is 24.6 Å². The Kier molecular flexibility index (Phi) is 3.86. The zero-order valence-corrected chi connectivity index (χ0v) is 10.9. The molecule has 2 nitrogen and oxygen atoms in total. The van der Waals surface area contributed by atoms with E-state index in [4.69, 9.17) is 11.6 Å². The molecule has 16 heavy (non-hydrogen) atoms. The summed E-state index contributed by atoms with van der Waals surface area (Å²) in [6.07, 6.45) is 1.24. The third-order valence-corrected chi connectivity index (χ3v) is 4.24. The number of rotatable bonds is 3. The van der Waals surface area contributed by atoms with Crippen LogP contribution in [0.25, 0.3) is 0 Å². The third-order valence-electron chi connectivity index (χ3n) is 2.04. The fourth-order valence-electron chi connectivity index (χ4n) is 1.27. The minimum atomic E-state index is -0.536. The normalized spacial score (nSPS) is 12.7. The average molecular weight is 272 g/mol. The Hall–Kier alpha value is -0.550. The number of aliphatic hydroxyl groups excluding tert-OH is 1. The SMILES string of the molecule is CC(O)c1ccc(Sc2nccs2)cc1Cl. The van der Waals surface area contributed by atoms with Crippen LogP contribution >= 0.6 is 34.7 Å². The summed E-state index contributed by atoms with van der Waals surface area (Å²) in [5.41, 5.74) is 0.755. The van der Waals surface area contributed by atoms with Crippen LogP contribution in [-0.4, -0.2) is 10.1 Å². The van der Waals surface area contributed by atoms with Crippen LogP contribution in [0.15, 0.2) is 39.0 Å². The van der Waals surface area contributed by atoms with Crippen LogP contribution < -0.4 is 0 Å². The maximum Gasteiger partial charge on any atom is 0.154 e. The quantitative estimate of drug-likeness (QED) is 0.916. The lowest BCUT2D eigenvalue weighted by Crippen LogP contribution is -1.91. The molecule has 1 unspecified atom stereocenters. The lowest BCUT2D eigenvalue weighted by atomic mass is 10.1. The van der Waals surface area contributed by atoms with Crippen molar-refractivity contribution in [2.45, 2.75) is 22.3 Å². The molecule has 1 aromatic carbocycles. The van der Waals surface area contributed by atoms with Crippen molar-refractivity contribution < 1.29 is 5.11 Å². The van der Waals surface area contributed by atoms with Gasteiger partial charge in [-0.1, -0.05) is 29.4 Å². The van der Waals surface area contributed by atoms with E-state index < -0.39 is 6.10 Å². The van der Waals surface area contributed by atoms with Gasteiger partial charge >= 0.3 is 0 Å². The van der Waals surface area contributed by atoms with Crippen molar-refractivity contribution in [2.75, 3.05) is 0 Å². The van der Waals surface area contributed by atoms with Crippen LogP contribution in [-0.2, 0) is 0 Å². The molecule has 1 heterocycles. The molecule has 0 amide bonds. The summed E-state index contributed by atoms with van der Waals surface area (Å²) in [5.74, 6) is 0. The fourth-order valence-corrected chi connectivity index (χ4v) is 3.31. The van der Waals surface area contributed by atoms with Gasteiger partial charge in [-0.3, -0.25) is 0 Å². The second-order valence-electron chi connectivity index (χ2n) is 3.26. The van der Waals surface area contributed by atoms with Gasteiger partial charge in [-0.25, -0.2) is 4.98 Å². The number of nitrogens with zero attached hydrogens (tertiary/aromatic N) is 1. The number of thiazole rings is 1. The van der Waals surface area contributed by atoms with E-state index in [1.54, 1.807) is 36.2 Å². The first-order chi connectivity index (χ1) is 7.66. The molecule has 0 aliphatic heterocycles. The van der Waals surface area contributed by atoms with Crippen molar-refractivity contribution in [3.63, 3.8) is 0 Å². The van der Waals surface area contributed by atoms with Crippen LogP contribution in [0.1, 0.15) is 18.6 Å². The highest BCUT2D eigenvalue weighted by Crippen LogP contribution is 2.33. The molecule has 0 saturated carbocycles. The molecule has 1 atom stereocenters. The summed E-state index contributed by atoms with van der Waals surface area (Å²) in [6, 6.07) is 5.65. The average Bonchev–Trinajstić information content (AvgIpc) is 2.70. The van der Waals surface area contributed by atoms with Gasteiger partial charge in [0.05, 0.1) is 6.10 Å². The van der Waals surface area contributed by atoms with Gasteiger partial charge in [0.15, 0.2) is 4.34 Å².